The summed E-state index contributed by atoms with van der Waals surface area (Å²) >= 11 is 0. The van der Waals surface area contributed by atoms with Gasteiger partial charge in [0.15, 0.2) is 23.8 Å². The lowest BCUT2D eigenvalue weighted by atomic mass is 10.1. The maximum atomic E-state index is 12.7. The number of fused-ring (bicyclic) bond motifs is 1. The summed E-state index contributed by atoms with van der Waals surface area (Å²) in [6, 6.07) is 7.59. The highest BCUT2D eigenvalue weighted by atomic mass is 31.3. The maximum absolute atomic E-state index is 12.7. The van der Waals surface area contributed by atoms with Crippen molar-refractivity contribution in [3.63, 3.8) is 0 Å². The van der Waals surface area contributed by atoms with E-state index in [0.29, 0.717) is 0 Å². The first-order chi connectivity index (χ1) is 18.2. The Bertz CT molecular complexity index is 1500. The normalized spacial score (nSPS) is 24.7. The number of nitrogens with zero attached hydrogens (tertiary/aromatic N) is 4. The summed E-state index contributed by atoms with van der Waals surface area (Å²) < 4.78 is 58.9. The van der Waals surface area contributed by atoms with Crippen LogP contribution >= 0.6 is 23.5 Å². The number of benzene rings is 1. The average molecular weight is 611 g/mol. The molecule has 1 fully saturated rings. The molecule has 19 nitrogen and oxygen atoms in total. The fraction of sp³-hybridized carbons (Fsp3) is 0.294. The number of nitrogen functional groups attached to an aromatic ring is 1. The predicted molar refractivity (Wildman–Crippen MR) is 125 cm³/mol. The minimum absolute atomic E-state index is 0.0162. The molecule has 1 saturated heterocycles. The van der Waals surface area contributed by atoms with Gasteiger partial charge >= 0.3 is 29.4 Å². The lowest BCUT2D eigenvalue weighted by molar-refractivity contribution is -0.0520. The number of aliphatic hydroxyl groups excluding tert-OH is 1. The van der Waals surface area contributed by atoms with Crippen molar-refractivity contribution >= 4 is 46.4 Å². The van der Waals surface area contributed by atoms with Gasteiger partial charge in [-0.15, -0.1) is 0 Å². The zero-order chi connectivity index (χ0) is 28.6. The van der Waals surface area contributed by atoms with Gasteiger partial charge in [0.25, 0.3) is 0 Å². The molecule has 212 valence electrons. The second kappa shape index (κ2) is 11.1. The number of carbonyl (C=O) groups excluding carboxylic acids is 1. The summed E-state index contributed by atoms with van der Waals surface area (Å²) in [6.45, 7) is -1.01. The molecule has 2 aromatic heterocycles. The van der Waals surface area contributed by atoms with Gasteiger partial charge in [0.05, 0.1) is 18.5 Å². The monoisotopic (exact) mass is 611 g/mol. The summed E-state index contributed by atoms with van der Waals surface area (Å²) in [5, 5.41) is 11.0. The molecule has 1 aromatic carbocycles. The Morgan fingerprint density at radius 3 is 2.38 bits per heavy atom. The van der Waals surface area contributed by atoms with Gasteiger partial charge in [0.2, 0.25) is 0 Å². The Kier molecular flexibility index (Phi) is 8.35. The van der Waals surface area contributed by atoms with Crippen LogP contribution < -0.4 is 5.73 Å². The number of rotatable bonds is 10. The Balaban J connectivity index is 1.57. The molecule has 4 rings (SSSR count). The van der Waals surface area contributed by atoms with E-state index in [1.807, 2.05) is 0 Å². The number of hydrogen-bond acceptors (Lipinski definition) is 14. The molecular weight excluding hydrogens is 591 g/mol. The lowest BCUT2D eigenvalue weighted by Crippen LogP contribution is -2.38. The zero-order valence-electron chi connectivity index (χ0n) is 19.2. The van der Waals surface area contributed by atoms with E-state index in [1.165, 1.54) is 23.0 Å². The number of phosphoric ester groups is 1. The van der Waals surface area contributed by atoms with E-state index in [9.17, 15) is 33.4 Å². The Labute approximate surface area is 217 Å². The van der Waals surface area contributed by atoms with Crippen LogP contribution in [0.4, 0.5) is 5.82 Å². The van der Waals surface area contributed by atoms with Gasteiger partial charge in [-0.25, -0.2) is 33.4 Å². The number of aromatic nitrogens is 4. The molecule has 0 saturated carbocycles. The summed E-state index contributed by atoms with van der Waals surface area (Å²) in [6.07, 6.45) is -3.78. The molecule has 1 aliphatic rings. The molecule has 0 radical (unpaired) electrons. The Morgan fingerprint density at radius 2 is 1.72 bits per heavy atom. The highest BCUT2D eigenvalue weighted by Gasteiger charge is 2.49. The van der Waals surface area contributed by atoms with Crippen molar-refractivity contribution in [1.29, 1.82) is 0 Å². The van der Waals surface area contributed by atoms with Crippen molar-refractivity contribution in [1.82, 2.24) is 19.5 Å². The number of anilines is 1. The molecule has 6 atom stereocenters. The fourth-order valence-corrected chi connectivity index (χ4v) is 6.55. The van der Waals surface area contributed by atoms with Crippen LogP contribution in [0.2, 0.25) is 0 Å². The van der Waals surface area contributed by atoms with Gasteiger partial charge in [-0.2, -0.15) is 8.62 Å². The largest absolute Gasteiger partial charge is 0.490 e. The van der Waals surface area contributed by atoms with Gasteiger partial charge in [0, 0.05) is 0 Å². The first-order valence-electron chi connectivity index (χ1n) is 10.5. The van der Waals surface area contributed by atoms with Crippen LogP contribution in [0.15, 0.2) is 43.0 Å². The van der Waals surface area contributed by atoms with E-state index in [-0.39, 0.29) is 22.5 Å². The van der Waals surface area contributed by atoms with Crippen molar-refractivity contribution in [2.24, 2.45) is 0 Å². The van der Waals surface area contributed by atoms with Crippen LogP contribution in [0.1, 0.15) is 16.6 Å². The molecular formula is C17H20N5O14P3. The van der Waals surface area contributed by atoms with Crippen LogP contribution in [0, 0.1) is 0 Å². The third-order valence-electron chi connectivity index (χ3n) is 5.04. The number of esters is 1. The molecule has 22 heteroatoms. The average Bonchev–Trinajstić information content (AvgIpc) is 3.38. The molecule has 0 bridgehead atoms. The minimum Gasteiger partial charge on any atom is -0.453 e. The zero-order valence-corrected chi connectivity index (χ0v) is 21.9. The van der Waals surface area contributed by atoms with Crippen LogP contribution in [0.5, 0.6) is 0 Å². The summed E-state index contributed by atoms with van der Waals surface area (Å²) in [7, 11) is -16.9. The van der Waals surface area contributed by atoms with Crippen LogP contribution in [-0.2, 0) is 36.3 Å². The Morgan fingerprint density at radius 1 is 1.03 bits per heavy atom. The van der Waals surface area contributed by atoms with E-state index in [1.54, 1.807) is 18.2 Å². The first kappa shape index (κ1) is 29.4. The van der Waals surface area contributed by atoms with Gasteiger partial charge in [-0.1, -0.05) is 18.2 Å². The quantitative estimate of drug-likeness (QED) is 0.132. The molecule has 0 spiro atoms. The number of phosphoric acid groups is 3. The maximum Gasteiger partial charge on any atom is 0.490 e. The minimum atomic E-state index is -5.79. The number of nitrogens with two attached hydrogens (primary N) is 1. The van der Waals surface area contributed by atoms with Gasteiger partial charge < -0.3 is 39.9 Å². The van der Waals surface area contributed by atoms with Crippen molar-refractivity contribution in [3.05, 3.63) is 48.5 Å². The van der Waals surface area contributed by atoms with Crippen LogP contribution in [0.25, 0.3) is 11.2 Å². The smallest absolute Gasteiger partial charge is 0.453 e. The Hall–Kier alpha value is -2.63. The predicted octanol–water partition coefficient (Wildman–Crippen LogP) is 0.236. The second-order valence-electron chi connectivity index (χ2n) is 7.76. The summed E-state index contributed by atoms with van der Waals surface area (Å²) in [4.78, 5) is 61.0. The van der Waals surface area contributed by atoms with Crippen LogP contribution in [-0.4, -0.2) is 75.1 Å². The van der Waals surface area contributed by atoms with Crippen LogP contribution in [0.3, 0.4) is 0 Å². The molecule has 3 aromatic rings. The number of carbonyl (C=O) groups is 1. The lowest BCUT2D eigenvalue weighted by Gasteiger charge is -2.22. The summed E-state index contributed by atoms with van der Waals surface area (Å²) in [5.41, 5.74) is 6.14. The van der Waals surface area contributed by atoms with Gasteiger partial charge in [-0.3, -0.25) is 9.09 Å². The second-order valence-corrected chi connectivity index (χ2v) is 12.2. The molecule has 7 N–H and O–H groups in total. The van der Waals surface area contributed by atoms with Gasteiger partial charge in [-0.05, 0) is 12.1 Å². The van der Waals surface area contributed by atoms with Crippen molar-refractivity contribution in [2.45, 2.75) is 24.5 Å². The molecule has 2 unspecified atom stereocenters. The fourth-order valence-electron chi connectivity index (χ4n) is 3.52. The molecule has 3 heterocycles. The van der Waals surface area contributed by atoms with Crippen molar-refractivity contribution < 1.29 is 65.8 Å². The molecule has 1 aliphatic heterocycles. The SMILES string of the molecule is Nc1ncnc2c1ncn2[C@@H]1O[C@H](COP(=O)(O)OP(=O)(O)OP(=O)(O)O)[C@@H](OC(=O)c2ccccc2)[C@H]1O. The molecule has 39 heavy (non-hydrogen) atoms. The third kappa shape index (κ3) is 7.12. The van der Waals surface area contributed by atoms with E-state index in [2.05, 4.69) is 28.1 Å². The topological polar surface area (TPSA) is 285 Å². The summed E-state index contributed by atoms with van der Waals surface area (Å²) in [5.74, 6) is -0.892. The molecule has 0 aliphatic carbocycles. The number of hydrogen-bond donors (Lipinski definition) is 6. The number of aliphatic hydroxyl groups is 1. The van der Waals surface area contributed by atoms with E-state index in [4.69, 9.17) is 25.0 Å². The van der Waals surface area contributed by atoms with Crippen molar-refractivity contribution in [2.75, 3.05) is 12.3 Å². The van der Waals surface area contributed by atoms with Gasteiger partial charge in [0.1, 0.15) is 24.1 Å². The highest BCUT2D eigenvalue weighted by Crippen LogP contribution is 2.66. The number of imidazole rings is 1. The standard InChI is InChI=1S/C17H20N5O14P3/c18-14-11-15(20-7-19-14)22(8-21-11)16-12(23)13(34-17(24)9-4-2-1-3-5-9)10(33-16)6-32-38(28,29)36-39(30,31)35-37(25,26)27/h1-5,7-8,10,12-13,16,23H,6H2,(H,28,29)(H,30,31)(H2,18,19,20)(H2,25,26,27)/t10-,12-,13-,16-/m1/s1. The van der Waals surface area contributed by atoms with E-state index < -0.39 is 60.6 Å². The van der Waals surface area contributed by atoms with E-state index >= 15 is 0 Å². The van der Waals surface area contributed by atoms with Crippen molar-refractivity contribution in [3.8, 4) is 0 Å². The first-order valence-corrected chi connectivity index (χ1v) is 15.0. The highest BCUT2D eigenvalue weighted by molar-refractivity contribution is 7.66. The van der Waals surface area contributed by atoms with E-state index in [0.717, 1.165) is 6.33 Å². The number of ether oxygens (including phenoxy) is 2. The third-order valence-corrected chi connectivity index (χ3v) is 8.84. The molecule has 0 amide bonds.